The lowest BCUT2D eigenvalue weighted by Crippen LogP contribution is -2.21. The van der Waals surface area contributed by atoms with Crippen molar-refractivity contribution in [2.24, 2.45) is 5.41 Å². The Morgan fingerprint density at radius 1 is 1.78 bits per heavy atom. The topological polar surface area (TPSA) is 37.3 Å². The third-order valence-electron chi connectivity index (χ3n) is 1.44. The molecule has 1 N–H and O–H groups in total. The minimum absolute atomic E-state index is 0. The zero-order valence-electron chi connectivity index (χ0n) is 6.52. The summed E-state index contributed by atoms with van der Waals surface area (Å²) in [6.07, 6.45) is 0.699. The van der Waals surface area contributed by atoms with Crippen LogP contribution in [0.3, 0.4) is 0 Å². The smallest absolute Gasteiger partial charge is 0.309 e. The van der Waals surface area contributed by atoms with E-state index in [0.717, 1.165) is 0 Å². The molecule has 0 aromatic heterocycles. The SMILES string of the molecule is C.[3H]OC(=O)C(C)(C)CC. The molecule has 0 radical (unpaired) electrons. The van der Waals surface area contributed by atoms with Crippen molar-refractivity contribution in [2.75, 3.05) is 0 Å². The fourth-order valence-corrected chi connectivity index (χ4v) is 0.144. The van der Waals surface area contributed by atoms with E-state index < -0.39 is 11.4 Å². The molecule has 0 aromatic carbocycles. The summed E-state index contributed by atoms with van der Waals surface area (Å²) >= 11 is 0. The van der Waals surface area contributed by atoms with Crippen LogP contribution in [-0.2, 0) is 4.79 Å². The Morgan fingerprint density at radius 2 is 2.22 bits per heavy atom. The molecule has 0 unspecified atom stereocenters. The van der Waals surface area contributed by atoms with Crippen molar-refractivity contribution in [3.8, 4) is 0 Å². The summed E-state index contributed by atoms with van der Waals surface area (Å²) in [6, 6.07) is 0. The molecule has 0 rings (SSSR count). The van der Waals surface area contributed by atoms with Gasteiger partial charge in [-0.2, -0.15) is 0 Å². The van der Waals surface area contributed by atoms with Crippen molar-refractivity contribution in [3.05, 3.63) is 0 Å². The standard InChI is InChI=1S/C6H12O2.CH4/c1-4-6(2,3)5(7)8;/h4H2,1-3H3,(H,7,8);1H4/i/hT. The van der Waals surface area contributed by atoms with Gasteiger partial charge in [0.1, 0.15) is 0 Å². The van der Waals surface area contributed by atoms with E-state index in [2.05, 4.69) is 5.11 Å². The number of hydrogen-bond acceptors (Lipinski definition) is 2. The predicted octanol–water partition coefficient (Wildman–Crippen LogP) is 2.14. The van der Waals surface area contributed by atoms with E-state index in [-0.39, 0.29) is 7.43 Å². The summed E-state index contributed by atoms with van der Waals surface area (Å²) in [7, 11) is 0. The normalized spacial score (nSPS) is 11.2. The minimum Gasteiger partial charge on any atom is -0.481 e. The summed E-state index contributed by atoms with van der Waals surface area (Å²) in [5.74, 6) is -0.468. The van der Waals surface area contributed by atoms with Gasteiger partial charge in [-0.1, -0.05) is 14.4 Å². The third-order valence-corrected chi connectivity index (χ3v) is 1.44. The highest BCUT2D eigenvalue weighted by molar-refractivity contribution is 5.73. The zero-order valence-corrected chi connectivity index (χ0v) is 5.52. The summed E-state index contributed by atoms with van der Waals surface area (Å²) in [5.41, 5.74) is -0.498. The maximum atomic E-state index is 10.7. The lowest BCUT2D eigenvalue weighted by Gasteiger charge is -2.14. The third kappa shape index (κ3) is 3.12. The quantitative estimate of drug-likeness (QED) is 0.628. The molecule has 0 aliphatic heterocycles. The number of rotatable bonds is 2. The number of hydrogen-bond donors (Lipinski definition) is 1. The average Bonchev–Trinajstić information content (AvgIpc) is 1.86. The van der Waals surface area contributed by atoms with Crippen LogP contribution in [0.5, 0.6) is 0 Å². The van der Waals surface area contributed by atoms with Crippen molar-refractivity contribution in [2.45, 2.75) is 34.6 Å². The summed E-state index contributed by atoms with van der Waals surface area (Å²) in [5, 5.41) is 3.82. The van der Waals surface area contributed by atoms with Gasteiger partial charge in [0, 0.05) is 0 Å². The van der Waals surface area contributed by atoms with Gasteiger partial charge in [-0.05, 0) is 20.3 Å². The molecule has 9 heavy (non-hydrogen) atoms. The van der Waals surface area contributed by atoms with Crippen LogP contribution in [0.1, 0.15) is 34.6 Å². The Kier molecular flexibility index (Phi) is 3.28. The average molecular weight is 134 g/mol. The Bertz CT molecular complexity index is 110. The van der Waals surface area contributed by atoms with Gasteiger partial charge < -0.3 is 5.11 Å². The first-order chi connectivity index (χ1) is 4.04. The number of carboxylic acid groups (broad SMARTS) is 1. The molecule has 2 nitrogen and oxygen atoms in total. The van der Waals surface area contributed by atoms with E-state index in [1.807, 2.05) is 6.92 Å². The second-order valence-electron chi connectivity index (χ2n) is 2.52. The number of aliphatic carboxylic acids is 1. The molecule has 0 saturated carbocycles. The van der Waals surface area contributed by atoms with Gasteiger partial charge in [0.25, 0.3) is 1.43 Å². The molecule has 0 fully saturated rings. The van der Waals surface area contributed by atoms with Gasteiger partial charge in [0.2, 0.25) is 0 Å². The van der Waals surface area contributed by atoms with E-state index in [1.54, 1.807) is 13.8 Å². The lowest BCUT2D eigenvalue weighted by molar-refractivity contribution is -0.147. The highest BCUT2D eigenvalue weighted by Gasteiger charge is 2.23. The minimum atomic E-state index is -0.498. The van der Waals surface area contributed by atoms with Crippen molar-refractivity contribution in [1.82, 2.24) is 0 Å². The monoisotopic (exact) mass is 134 g/mol. The van der Waals surface area contributed by atoms with Gasteiger partial charge in [0.15, 0.2) is 0 Å². The van der Waals surface area contributed by atoms with E-state index in [4.69, 9.17) is 1.43 Å². The highest BCUT2D eigenvalue weighted by Crippen LogP contribution is 2.18. The zero-order chi connectivity index (χ0) is 7.49. The van der Waals surface area contributed by atoms with Gasteiger partial charge in [-0.25, -0.2) is 0 Å². The van der Waals surface area contributed by atoms with E-state index >= 15 is 0 Å². The van der Waals surface area contributed by atoms with Crippen LogP contribution in [0.15, 0.2) is 0 Å². The molecule has 0 spiro atoms. The molecule has 0 saturated heterocycles. The molecule has 56 valence electrons. The molecule has 0 aliphatic rings. The Balaban J connectivity index is 0. The molecule has 2 heteroatoms. The lowest BCUT2D eigenvalue weighted by atomic mass is 9.91. The molecule has 0 aromatic rings. The number of carbonyl (C=O) groups is 1. The molecular weight excluding hydrogens is 116 g/mol. The Morgan fingerprint density at radius 3 is 2.33 bits per heavy atom. The summed E-state index contributed by atoms with van der Waals surface area (Å²) in [4.78, 5) is 10.7. The van der Waals surface area contributed by atoms with Gasteiger partial charge in [0.05, 0.1) is 5.41 Å². The van der Waals surface area contributed by atoms with Gasteiger partial charge in [-0.3, -0.25) is 4.79 Å². The van der Waals surface area contributed by atoms with E-state index in [9.17, 15) is 4.79 Å². The van der Waals surface area contributed by atoms with Crippen LogP contribution in [-0.4, -0.2) is 11.1 Å². The fraction of sp³-hybridized carbons (Fsp3) is 0.857. The van der Waals surface area contributed by atoms with Crippen LogP contribution in [0, 0.1) is 5.41 Å². The second kappa shape index (κ2) is 3.49. The maximum absolute atomic E-state index is 10.7. The Hall–Kier alpha value is -0.530. The van der Waals surface area contributed by atoms with Crippen LogP contribution < -0.4 is 0 Å². The van der Waals surface area contributed by atoms with Crippen LogP contribution in [0.2, 0.25) is 0 Å². The molecule has 0 atom stereocenters. The summed E-state index contributed by atoms with van der Waals surface area (Å²) < 4.78 is 6.32. The highest BCUT2D eigenvalue weighted by atomic mass is 16.4. The van der Waals surface area contributed by atoms with E-state index in [1.165, 1.54) is 0 Å². The largest absolute Gasteiger partial charge is 0.481 e. The molecule has 0 heterocycles. The van der Waals surface area contributed by atoms with Crippen molar-refractivity contribution < 1.29 is 9.90 Å². The van der Waals surface area contributed by atoms with E-state index in [0.29, 0.717) is 6.42 Å². The predicted molar refractivity (Wildman–Crippen MR) is 38.4 cm³/mol. The first-order valence-electron chi connectivity index (χ1n) is 3.13. The van der Waals surface area contributed by atoms with Crippen LogP contribution >= 0.6 is 0 Å². The first-order valence-corrected chi connectivity index (χ1v) is 2.72. The Labute approximate surface area is 58.4 Å². The maximum Gasteiger partial charge on any atom is 0.309 e. The van der Waals surface area contributed by atoms with Crippen molar-refractivity contribution in [1.29, 1.82) is 1.43 Å². The molecule has 0 bridgehead atoms. The molecule has 0 aliphatic carbocycles. The second-order valence-corrected chi connectivity index (χ2v) is 2.52. The fourth-order valence-electron chi connectivity index (χ4n) is 0.144. The molecule has 0 amide bonds. The van der Waals surface area contributed by atoms with Crippen LogP contribution in [0.4, 0.5) is 0 Å². The van der Waals surface area contributed by atoms with Gasteiger partial charge >= 0.3 is 5.97 Å². The van der Waals surface area contributed by atoms with Gasteiger partial charge in [-0.15, -0.1) is 0 Å². The van der Waals surface area contributed by atoms with Crippen LogP contribution in [0.25, 0.3) is 1.43 Å². The first kappa shape index (κ1) is 8.47. The van der Waals surface area contributed by atoms with Crippen molar-refractivity contribution >= 4 is 5.97 Å². The number of carboxylic acids is 1. The summed E-state index contributed by atoms with van der Waals surface area (Å²) in [6.45, 7) is 5.39. The van der Waals surface area contributed by atoms with Crippen molar-refractivity contribution in [3.63, 3.8) is 0 Å². The molecular formula is C7H16O2.